The molecule has 0 atom stereocenters. The zero-order chi connectivity index (χ0) is 17.8. The van der Waals surface area contributed by atoms with Crippen LogP contribution in [0.15, 0.2) is 77.5 Å². The third-order valence-corrected chi connectivity index (χ3v) is 3.85. The first-order chi connectivity index (χ1) is 12.8. The molecular formula is C21H14FN3O. The molecule has 2 aromatic carbocycles. The van der Waals surface area contributed by atoms with E-state index >= 15 is 0 Å². The van der Waals surface area contributed by atoms with Gasteiger partial charge in [-0.1, -0.05) is 24.3 Å². The van der Waals surface area contributed by atoms with Gasteiger partial charge in [0.25, 0.3) is 0 Å². The summed E-state index contributed by atoms with van der Waals surface area (Å²) in [6.07, 6.45) is 7.57. The molecule has 0 unspecified atom stereocenters. The van der Waals surface area contributed by atoms with Crippen molar-refractivity contribution in [2.24, 2.45) is 0 Å². The highest BCUT2D eigenvalue weighted by molar-refractivity contribution is 5.70. The normalized spacial score (nSPS) is 11.1. The maximum Gasteiger partial charge on any atom is 0.248 e. The Balaban J connectivity index is 1.52. The summed E-state index contributed by atoms with van der Waals surface area (Å²) < 4.78 is 18.7. The molecular weight excluding hydrogens is 329 g/mol. The Bertz CT molecular complexity index is 1020. The fourth-order valence-electron chi connectivity index (χ4n) is 2.45. The van der Waals surface area contributed by atoms with Crippen LogP contribution < -0.4 is 0 Å². The van der Waals surface area contributed by atoms with E-state index in [0.717, 1.165) is 16.7 Å². The number of benzene rings is 2. The van der Waals surface area contributed by atoms with Crippen molar-refractivity contribution in [2.45, 2.75) is 0 Å². The van der Waals surface area contributed by atoms with Crippen LogP contribution >= 0.6 is 0 Å². The van der Waals surface area contributed by atoms with E-state index in [0.29, 0.717) is 17.3 Å². The fourth-order valence-corrected chi connectivity index (χ4v) is 2.45. The van der Waals surface area contributed by atoms with Crippen molar-refractivity contribution in [3.8, 4) is 22.9 Å². The fraction of sp³-hybridized carbons (Fsp3) is 0. The molecule has 0 fully saturated rings. The molecule has 0 aliphatic rings. The van der Waals surface area contributed by atoms with E-state index in [1.807, 2.05) is 48.6 Å². The lowest BCUT2D eigenvalue weighted by Gasteiger charge is -1.97. The Morgan fingerprint density at radius 1 is 0.654 bits per heavy atom. The van der Waals surface area contributed by atoms with Crippen molar-refractivity contribution in [3.05, 3.63) is 90.0 Å². The lowest BCUT2D eigenvalue weighted by molar-refractivity contribution is 0.584. The predicted octanol–water partition coefficient (Wildman–Crippen LogP) is 5.11. The van der Waals surface area contributed by atoms with Gasteiger partial charge in [-0.3, -0.25) is 4.98 Å². The zero-order valence-corrected chi connectivity index (χ0v) is 13.7. The van der Waals surface area contributed by atoms with E-state index < -0.39 is 0 Å². The van der Waals surface area contributed by atoms with Crippen LogP contribution in [0.25, 0.3) is 35.1 Å². The van der Waals surface area contributed by atoms with Crippen molar-refractivity contribution in [1.82, 2.24) is 15.2 Å². The van der Waals surface area contributed by atoms with Crippen LogP contribution in [0, 0.1) is 5.82 Å². The summed E-state index contributed by atoms with van der Waals surface area (Å²) >= 11 is 0. The number of halogens is 1. The summed E-state index contributed by atoms with van der Waals surface area (Å²) in [5, 5.41) is 8.11. The van der Waals surface area contributed by atoms with E-state index in [4.69, 9.17) is 4.42 Å². The number of aromatic nitrogens is 3. The van der Waals surface area contributed by atoms with Gasteiger partial charge in [-0.15, -0.1) is 10.2 Å². The SMILES string of the molecule is Fc1ccc(-c2nnc(-c3ccc(/C=C/c4ccncc4)cc3)o2)cc1. The van der Waals surface area contributed by atoms with Crippen LogP contribution in [0.3, 0.4) is 0 Å². The second-order valence-electron chi connectivity index (χ2n) is 5.66. The van der Waals surface area contributed by atoms with Crippen LogP contribution in [-0.4, -0.2) is 15.2 Å². The van der Waals surface area contributed by atoms with Gasteiger partial charge in [0.15, 0.2) is 0 Å². The minimum Gasteiger partial charge on any atom is -0.416 e. The molecule has 0 aliphatic carbocycles. The van der Waals surface area contributed by atoms with Crippen molar-refractivity contribution in [2.75, 3.05) is 0 Å². The monoisotopic (exact) mass is 343 g/mol. The maximum atomic E-state index is 13.0. The molecule has 0 radical (unpaired) electrons. The molecule has 0 spiro atoms. The number of hydrogen-bond donors (Lipinski definition) is 0. The Morgan fingerprint density at radius 2 is 1.15 bits per heavy atom. The number of rotatable bonds is 4. The predicted molar refractivity (Wildman–Crippen MR) is 98.3 cm³/mol. The Morgan fingerprint density at radius 3 is 1.73 bits per heavy atom. The lowest BCUT2D eigenvalue weighted by atomic mass is 10.1. The van der Waals surface area contributed by atoms with Gasteiger partial charge in [0, 0.05) is 23.5 Å². The molecule has 0 bridgehead atoms. The Hall–Kier alpha value is -3.60. The number of nitrogens with zero attached hydrogens (tertiary/aromatic N) is 3. The maximum absolute atomic E-state index is 13.0. The number of hydrogen-bond acceptors (Lipinski definition) is 4. The molecule has 26 heavy (non-hydrogen) atoms. The highest BCUT2D eigenvalue weighted by Gasteiger charge is 2.10. The van der Waals surface area contributed by atoms with Gasteiger partial charge < -0.3 is 4.42 Å². The molecule has 4 aromatic rings. The minimum absolute atomic E-state index is 0.302. The van der Waals surface area contributed by atoms with Gasteiger partial charge in [0.1, 0.15) is 5.82 Å². The summed E-state index contributed by atoms with van der Waals surface area (Å²) in [6, 6.07) is 17.7. The van der Waals surface area contributed by atoms with Crippen LogP contribution in [0.2, 0.25) is 0 Å². The minimum atomic E-state index is -0.302. The molecule has 126 valence electrons. The summed E-state index contributed by atoms with van der Waals surface area (Å²) in [7, 11) is 0. The second-order valence-corrected chi connectivity index (χ2v) is 5.66. The van der Waals surface area contributed by atoms with Gasteiger partial charge in [0.05, 0.1) is 0 Å². The highest BCUT2D eigenvalue weighted by atomic mass is 19.1. The van der Waals surface area contributed by atoms with Gasteiger partial charge in [0.2, 0.25) is 11.8 Å². The summed E-state index contributed by atoms with van der Waals surface area (Å²) in [5.41, 5.74) is 3.66. The van der Waals surface area contributed by atoms with Crippen LogP contribution in [0.1, 0.15) is 11.1 Å². The Kier molecular flexibility index (Phi) is 4.35. The van der Waals surface area contributed by atoms with Gasteiger partial charge in [-0.05, 0) is 59.7 Å². The van der Waals surface area contributed by atoms with E-state index in [2.05, 4.69) is 15.2 Å². The first-order valence-corrected chi connectivity index (χ1v) is 8.06. The summed E-state index contributed by atoms with van der Waals surface area (Å²) in [6.45, 7) is 0. The Labute approximate surface area is 149 Å². The van der Waals surface area contributed by atoms with Gasteiger partial charge in [-0.25, -0.2) is 4.39 Å². The summed E-state index contributed by atoms with van der Waals surface area (Å²) in [5.74, 6) is 0.486. The molecule has 0 N–H and O–H groups in total. The van der Waals surface area contributed by atoms with E-state index in [1.54, 1.807) is 24.5 Å². The van der Waals surface area contributed by atoms with Gasteiger partial charge in [-0.2, -0.15) is 0 Å². The van der Waals surface area contributed by atoms with E-state index in [9.17, 15) is 4.39 Å². The first-order valence-electron chi connectivity index (χ1n) is 8.06. The molecule has 0 saturated heterocycles. The van der Waals surface area contributed by atoms with Crippen molar-refractivity contribution in [3.63, 3.8) is 0 Å². The summed E-state index contributed by atoms with van der Waals surface area (Å²) in [4.78, 5) is 4.00. The van der Waals surface area contributed by atoms with Crippen LogP contribution in [0.5, 0.6) is 0 Å². The largest absolute Gasteiger partial charge is 0.416 e. The zero-order valence-electron chi connectivity index (χ0n) is 13.7. The molecule has 0 amide bonds. The first kappa shape index (κ1) is 15.9. The van der Waals surface area contributed by atoms with Crippen molar-refractivity contribution >= 4 is 12.2 Å². The van der Waals surface area contributed by atoms with Gasteiger partial charge >= 0.3 is 0 Å². The van der Waals surface area contributed by atoms with E-state index in [-0.39, 0.29) is 5.82 Å². The second kappa shape index (κ2) is 7.11. The molecule has 0 aliphatic heterocycles. The molecule has 2 aromatic heterocycles. The quantitative estimate of drug-likeness (QED) is 0.517. The highest BCUT2D eigenvalue weighted by Crippen LogP contribution is 2.24. The lowest BCUT2D eigenvalue weighted by Crippen LogP contribution is -1.79. The van der Waals surface area contributed by atoms with Crippen molar-refractivity contribution in [1.29, 1.82) is 0 Å². The van der Waals surface area contributed by atoms with Crippen LogP contribution in [-0.2, 0) is 0 Å². The standard InChI is InChI=1S/C21H14FN3O/c22-19-9-7-18(8-10-19)21-25-24-20(26-21)17-5-3-15(4-6-17)1-2-16-11-13-23-14-12-16/h1-14H/b2-1+. The average molecular weight is 343 g/mol. The van der Waals surface area contributed by atoms with Crippen molar-refractivity contribution < 1.29 is 8.81 Å². The third kappa shape index (κ3) is 3.57. The third-order valence-electron chi connectivity index (χ3n) is 3.85. The van der Waals surface area contributed by atoms with E-state index in [1.165, 1.54) is 12.1 Å². The molecule has 2 heterocycles. The molecule has 5 heteroatoms. The topological polar surface area (TPSA) is 51.8 Å². The molecule has 4 rings (SSSR count). The average Bonchev–Trinajstić information content (AvgIpc) is 3.18. The molecule has 4 nitrogen and oxygen atoms in total. The number of pyridine rings is 1. The van der Waals surface area contributed by atoms with Crippen LogP contribution in [0.4, 0.5) is 4.39 Å². The molecule has 0 saturated carbocycles. The smallest absolute Gasteiger partial charge is 0.248 e.